The van der Waals surface area contributed by atoms with E-state index in [2.05, 4.69) is 0 Å². The van der Waals surface area contributed by atoms with E-state index in [9.17, 15) is 0 Å². The molecule has 0 spiro atoms. The zero-order valence-electron chi connectivity index (χ0n) is 7.21. The van der Waals surface area contributed by atoms with E-state index in [1.54, 1.807) is 0 Å². The molecule has 0 amide bonds. The summed E-state index contributed by atoms with van der Waals surface area (Å²) in [5.74, 6) is 0. The third-order valence-corrected chi connectivity index (χ3v) is 2.41. The Morgan fingerprint density at radius 2 is 2.00 bits per heavy atom. The van der Waals surface area contributed by atoms with Gasteiger partial charge in [0.05, 0.1) is 12.7 Å². The Kier molecular flexibility index (Phi) is 4.66. The molecule has 1 aliphatic carbocycles. The molecule has 0 aromatic rings. The number of hydrogen-bond donors (Lipinski definition) is 1. The number of rotatable bonds is 3. The van der Waals surface area contributed by atoms with Crippen LogP contribution in [0.3, 0.4) is 0 Å². The van der Waals surface area contributed by atoms with Crippen molar-refractivity contribution in [3.63, 3.8) is 0 Å². The molecule has 3 heteroatoms. The third kappa shape index (κ3) is 3.57. The number of nitrogens with two attached hydrogens (primary N) is 1. The molecule has 1 rings (SSSR count). The first-order valence-electron chi connectivity index (χ1n) is 4.45. The molecule has 0 aromatic heterocycles. The summed E-state index contributed by atoms with van der Waals surface area (Å²) in [6, 6.07) is 0.397. The van der Waals surface area contributed by atoms with Crippen molar-refractivity contribution in [3.05, 3.63) is 11.6 Å². The molecular weight excluding hydrogens is 174 g/mol. The molecule has 0 heterocycles. The zero-order valence-corrected chi connectivity index (χ0v) is 7.96. The van der Waals surface area contributed by atoms with Gasteiger partial charge in [0, 0.05) is 11.6 Å². The highest BCUT2D eigenvalue weighted by Gasteiger charge is 2.17. The lowest BCUT2D eigenvalue weighted by molar-refractivity contribution is 0.0428. The summed E-state index contributed by atoms with van der Waals surface area (Å²) in [6.07, 6.45) is 6.59. The maximum Gasteiger partial charge on any atom is 0.0662 e. The van der Waals surface area contributed by atoms with Gasteiger partial charge in [0.1, 0.15) is 0 Å². The van der Waals surface area contributed by atoms with E-state index in [4.69, 9.17) is 22.1 Å². The van der Waals surface area contributed by atoms with Gasteiger partial charge in [0.25, 0.3) is 0 Å². The molecule has 2 N–H and O–H groups in total. The maximum absolute atomic E-state index is 5.76. The van der Waals surface area contributed by atoms with Crippen molar-refractivity contribution in [3.8, 4) is 0 Å². The first-order chi connectivity index (χ1) is 5.83. The minimum Gasteiger partial charge on any atom is -0.374 e. The topological polar surface area (TPSA) is 35.2 Å². The molecule has 12 heavy (non-hydrogen) atoms. The molecule has 70 valence electrons. The molecule has 1 fully saturated rings. The van der Waals surface area contributed by atoms with Crippen LogP contribution >= 0.6 is 11.6 Å². The van der Waals surface area contributed by atoms with Crippen molar-refractivity contribution in [2.75, 3.05) is 6.61 Å². The van der Waals surface area contributed by atoms with Crippen LogP contribution in [0.25, 0.3) is 0 Å². The summed E-state index contributed by atoms with van der Waals surface area (Å²) in [7, 11) is 0. The standard InChI is InChI=1S/C9H16ClNO/c10-6-1-7-12-9-4-2-8(11)3-5-9/h1,6,8-9H,2-5,7,11H2. The van der Waals surface area contributed by atoms with Crippen LogP contribution in [0.2, 0.25) is 0 Å². The van der Waals surface area contributed by atoms with Gasteiger partial charge in [-0.1, -0.05) is 11.6 Å². The summed E-state index contributed by atoms with van der Waals surface area (Å²) >= 11 is 5.36. The molecule has 1 aliphatic rings. The molecule has 0 bridgehead atoms. The normalized spacial score (nSPS) is 31.2. The van der Waals surface area contributed by atoms with E-state index in [-0.39, 0.29) is 0 Å². The molecule has 0 atom stereocenters. The largest absolute Gasteiger partial charge is 0.374 e. The Labute approximate surface area is 78.7 Å². The fourth-order valence-corrected chi connectivity index (χ4v) is 1.56. The van der Waals surface area contributed by atoms with Crippen LogP contribution in [0.5, 0.6) is 0 Å². The first kappa shape index (κ1) is 10.0. The van der Waals surface area contributed by atoms with E-state index >= 15 is 0 Å². The molecule has 0 unspecified atom stereocenters. The molecular formula is C9H16ClNO. The summed E-state index contributed by atoms with van der Waals surface area (Å²) in [5.41, 5.74) is 7.26. The van der Waals surface area contributed by atoms with E-state index in [0.29, 0.717) is 18.8 Å². The Hall–Kier alpha value is -0.0500. The molecule has 0 aromatic carbocycles. The van der Waals surface area contributed by atoms with Gasteiger partial charge in [-0.2, -0.15) is 0 Å². The van der Waals surface area contributed by atoms with Gasteiger partial charge >= 0.3 is 0 Å². The van der Waals surface area contributed by atoms with Gasteiger partial charge in [0.15, 0.2) is 0 Å². The fourth-order valence-electron chi connectivity index (χ4n) is 1.48. The summed E-state index contributed by atoms with van der Waals surface area (Å²) in [5, 5.41) is 0. The van der Waals surface area contributed by atoms with Crippen LogP contribution in [0, 0.1) is 0 Å². The van der Waals surface area contributed by atoms with Crippen molar-refractivity contribution in [2.45, 2.75) is 37.8 Å². The molecule has 0 aliphatic heterocycles. The first-order valence-corrected chi connectivity index (χ1v) is 4.89. The van der Waals surface area contributed by atoms with Gasteiger partial charge in [-0.3, -0.25) is 0 Å². The zero-order chi connectivity index (χ0) is 8.81. The maximum atomic E-state index is 5.76. The Morgan fingerprint density at radius 3 is 2.58 bits per heavy atom. The average molecular weight is 190 g/mol. The average Bonchev–Trinajstić information content (AvgIpc) is 2.09. The van der Waals surface area contributed by atoms with E-state index < -0.39 is 0 Å². The van der Waals surface area contributed by atoms with Crippen LogP contribution in [0.15, 0.2) is 11.6 Å². The van der Waals surface area contributed by atoms with E-state index in [1.807, 2.05) is 6.08 Å². The summed E-state index contributed by atoms with van der Waals surface area (Å²) in [4.78, 5) is 0. The van der Waals surface area contributed by atoms with Crippen LogP contribution < -0.4 is 5.73 Å². The number of hydrogen-bond acceptors (Lipinski definition) is 2. The van der Waals surface area contributed by atoms with Gasteiger partial charge in [-0.15, -0.1) is 0 Å². The highest BCUT2D eigenvalue weighted by molar-refractivity contribution is 6.25. The summed E-state index contributed by atoms with van der Waals surface area (Å²) in [6.45, 7) is 0.628. The minimum atomic E-state index is 0.397. The highest BCUT2D eigenvalue weighted by Crippen LogP contribution is 2.19. The smallest absolute Gasteiger partial charge is 0.0662 e. The molecule has 1 saturated carbocycles. The van der Waals surface area contributed by atoms with Gasteiger partial charge in [0.2, 0.25) is 0 Å². The van der Waals surface area contributed by atoms with Gasteiger partial charge in [-0.05, 0) is 31.8 Å². The lowest BCUT2D eigenvalue weighted by Gasteiger charge is -2.25. The van der Waals surface area contributed by atoms with Crippen molar-refractivity contribution in [2.24, 2.45) is 5.73 Å². The second kappa shape index (κ2) is 5.57. The van der Waals surface area contributed by atoms with Crippen molar-refractivity contribution < 1.29 is 4.74 Å². The Morgan fingerprint density at radius 1 is 1.33 bits per heavy atom. The Balaban J connectivity index is 2.09. The third-order valence-electron chi connectivity index (χ3n) is 2.24. The highest BCUT2D eigenvalue weighted by atomic mass is 35.5. The quantitative estimate of drug-likeness (QED) is 0.738. The fraction of sp³-hybridized carbons (Fsp3) is 0.778. The van der Waals surface area contributed by atoms with Crippen molar-refractivity contribution in [1.82, 2.24) is 0 Å². The second-order valence-electron chi connectivity index (χ2n) is 3.23. The van der Waals surface area contributed by atoms with Crippen molar-refractivity contribution in [1.29, 1.82) is 0 Å². The van der Waals surface area contributed by atoms with Crippen LogP contribution in [-0.4, -0.2) is 18.8 Å². The number of ether oxygens (including phenoxy) is 1. The van der Waals surface area contributed by atoms with E-state index in [1.165, 1.54) is 5.54 Å². The number of halogens is 1. The summed E-state index contributed by atoms with van der Waals surface area (Å²) < 4.78 is 5.54. The second-order valence-corrected chi connectivity index (χ2v) is 3.48. The van der Waals surface area contributed by atoms with Gasteiger partial charge in [-0.25, -0.2) is 0 Å². The predicted molar refractivity (Wildman–Crippen MR) is 51.2 cm³/mol. The lowest BCUT2D eigenvalue weighted by atomic mass is 9.94. The SMILES string of the molecule is NC1CCC(OCC=CCl)CC1. The Bertz CT molecular complexity index is 141. The minimum absolute atomic E-state index is 0.397. The van der Waals surface area contributed by atoms with Crippen LogP contribution in [0.4, 0.5) is 0 Å². The van der Waals surface area contributed by atoms with Crippen LogP contribution in [0.1, 0.15) is 25.7 Å². The molecule has 2 nitrogen and oxygen atoms in total. The van der Waals surface area contributed by atoms with Crippen molar-refractivity contribution >= 4 is 11.6 Å². The van der Waals surface area contributed by atoms with E-state index in [0.717, 1.165) is 25.7 Å². The molecule has 0 saturated heterocycles. The lowest BCUT2D eigenvalue weighted by Crippen LogP contribution is -2.30. The molecule has 0 radical (unpaired) electrons. The monoisotopic (exact) mass is 189 g/mol. The van der Waals surface area contributed by atoms with Gasteiger partial charge < -0.3 is 10.5 Å². The van der Waals surface area contributed by atoms with Crippen LogP contribution in [-0.2, 0) is 4.74 Å². The predicted octanol–water partition coefficient (Wildman–Crippen LogP) is 2.03.